The van der Waals surface area contributed by atoms with E-state index in [4.69, 9.17) is 11.6 Å². The molecule has 1 aliphatic heterocycles. The maximum atomic E-state index is 12.7. The molecule has 1 atom stereocenters. The number of benzene rings is 1. The Kier molecular flexibility index (Phi) is 7.69. The molecule has 0 saturated carbocycles. The molecule has 0 aliphatic carbocycles. The predicted octanol–water partition coefficient (Wildman–Crippen LogP) is 3.80. The number of amides is 2. The van der Waals surface area contributed by atoms with Crippen LogP contribution in [-0.2, 0) is 11.3 Å². The van der Waals surface area contributed by atoms with Gasteiger partial charge in [0.25, 0.3) is 5.91 Å². The van der Waals surface area contributed by atoms with E-state index in [1.165, 1.54) is 19.3 Å². The van der Waals surface area contributed by atoms with Crippen LogP contribution in [0.15, 0.2) is 42.6 Å². The summed E-state index contributed by atoms with van der Waals surface area (Å²) in [4.78, 5) is 32.1. The van der Waals surface area contributed by atoms with Crippen molar-refractivity contribution in [3.8, 4) is 0 Å². The van der Waals surface area contributed by atoms with Crippen molar-refractivity contribution in [2.45, 2.75) is 45.7 Å². The monoisotopic (exact) mass is 428 g/mol. The number of hydrogen-bond acceptors (Lipinski definition) is 4. The lowest BCUT2D eigenvalue weighted by atomic mass is 10.0. The number of anilines is 1. The van der Waals surface area contributed by atoms with Gasteiger partial charge >= 0.3 is 0 Å². The van der Waals surface area contributed by atoms with Gasteiger partial charge in [0.15, 0.2) is 0 Å². The number of hydrogen-bond donors (Lipinski definition) is 2. The minimum absolute atomic E-state index is 0.0731. The number of aromatic nitrogens is 1. The number of piperidine rings is 1. The highest BCUT2D eigenvalue weighted by Gasteiger charge is 2.25. The first-order valence-electron chi connectivity index (χ1n) is 10.5. The molecule has 1 aromatic heterocycles. The maximum absolute atomic E-state index is 12.7. The first-order valence-corrected chi connectivity index (χ1v) is 10.9. The van der Waals surface area contributed by atoms with Crippen LogP contribution in [-0.4, -0.2) is 35.9 Å². The maximum Gasteiger partial charge on any atom is 0.253 e. The molecule has 1 aromatic carbocycles. The van der Waals surface area contributed by atoms with Crippen LogP contribution in [0.1, 0.15) is 49.0 Å². The van der Waals surface area contributed by atoms with Crippen LogP contribution in [0.2, 0.25) is 5.02 Å². The first kappa shape index (κ1) is 22.1. The number of nitrogens with zero attached hydrogens (tertiary/aromatic N) is 2. The Hall–Kier alpha value is -2.60. The largest absolute Gasteiger partial charge is 0.357 e. The molecule has 0 radical (unpaired) electrons. The van der Waals surface area contributed by atoms with E-state index in [-0.39, 0.29) is 17.7 Å². The van der Waals surface area contributed by atoms with Crippen LogP contribution >= 0.6 is 11.6 Å². The van der Waals surface area contributed by atoms with Crippen LogP contribution in [0.25, 0.3) is 0 Å². The Morgan fingerprint density at radius 1 is 1.10 bits per heavy atom. The highest BCUT2D eigenvalue weighted by molar-refractivity contribution is 6.33. The van der Waals surface area contributed by atoms with E-state index in [1.807, 2.05) is 26.0 Å². The van der Waals surface area contributed by atoms with Crippen molar-refractivity contribution >= 4 is 29.2 Å². The molecule has 1 aliphatic rings. The quantitative estimate of drug-likeness (QED) is 0.703. The van der Waals surface area contributed by atoms with Crippen LogP contribution < -0.4 is 15.5 Å². The molecule has 160 valence electrons. The number of pyridine rings is 1. The lowest BCUT2D eigenvalue weighted by molar-refractivity contribution is -0.124. The number of rotatable bonds is 7. The second-order valence-corrected chi connectivity index (χ2v) is 8.37. The zero-order valence-corrected chi connectivity index (χ0v) is 18.3. The zero-order valence-electron chi connectivity index (χ0n) is 17.5. The fourth-order valence-electron chi connectivity index (χ4n) is 3.53. The molecule has 2 N–H and O–H groups in total. The minimum Gasteiger partial charge on any atom is -0.357 e. The van der Waals surface area contributed by atoms with Crippen molar-refractivity contribution in [2.24, 2.45) is 5.92 Å². The van der Waals surface area contributed by atoms with Gasteiger partial charge in [-0.2, -0.15) is 0 Å². The van der Waals surface area contributed by atoms with E-state index in [9.17, 15) is 9.59 Å². The Bertz CT molecular complexity index is 864. The van der Waals surface area contributed by atoms with Gasteiger partial charge in [-0.15, -0.1) is 0 Å². The van der Waals surface area contributed by atoms with E-state index < -0.39 is 6.04 Å². The van der Waals surface area contributed by atoms with Crippen molar-refractivity contribution in [1.82, 2.24) is 15.6 Å². The van der Waals surface area contributed by atoms with Crippen molar-refractivity contribution in [3.63, 3.8) is 0 Å². The van der Waals surface area contributed by atoms with Gasteiger partial charge in [0, 0.05) is 25.8 Å². The third-order valence-electron chi connectivity index (χ3n) is 5.31. The molecule has 2 amide bonds. The molecule has 0 spiro atoms. The van der Waals surface area contributed by atoms with Gasteiger partial charge in [-0.1, -0.05) is 43.6 Å². The Morgan fingerprint density at radius 2 is 1.83 bits per heavy atom. The van der Waals surface area contributed by atoms with Gasteiger partial charge in [0.05, 0.1) is 10.6 Å². The second-order valence-electron chi connectivity index (χ2n) is 7.97. The van der Waals surface area contributed by atoms with E-state index in [0.717, 1.165) is 24.5 Å². The highest BCUT2D eigenvalue weighted by atomic mass is 35.5. The fraction of sp³-hybridized carbons (Fsp3) is 0.435. The van der Waals surface area contributed by atoms with Gasteiger partial charge in [-0.05, 0) is 48.9 Å². The summed E-state index contributed by atoms with van der Waals surface area (Å²) in [7, 11) is 0. The fourth-order valence-corrected chi connectivity index (χ4v) is 3.75. The molecule has 1 fully saturated rings. The second kappa shape index (κ2) is 10.4. The SMILES string of the molecule is CC(C)C(NC(=O)c1ccccc1Cl)C(=O)NCc1ccc(N2CCCCC2)nc1. The van der Waals surface area contributed by atoms with Gasteiger partial charge < -0.3 is 15.5 Å². The van der Waals surface area contributed by atoms with Gasteiger partial charge in [-0.25, -0.2) is 4.98 Å². The molecular weight excluding hydrogens is 400 g/mol. The molecule has 7 heteroatoms. The van der Waals surface area contributed by atoms with E-state index in [0.29, 0.717) is 17.1 Å². The third kappa shape index (κ3) is 5.72. The third-order valence-corrected chi connectivity index (χ3v) is 5.64. The van der Waals surface area contributed by atoms with Crippen molar-refractivity contribution < 1.29 is 9.59 Å². The number of halogens is 1. The summed E-state index contributed by atoms with van der Waals surface area (Å²) >= 11 is 6.10. The van der Waals surface area contributed by atoms with Crippen LogP contribution in [0.4, 0.5) is 5.82 Å². The highest BCUT2D eigenvalue weighted by Crippen LogP contribution is 2.18. The smallest absolute Gasteiger partial charge is 0.253 e. The lowest BCUT2D eigenvalue weighted by Gasteiger charge is -2.27. The Labute approximate surface area is 183 Å². The molecule has 1 unspecified atom stereocenters. The lowest BCUT2D eigenvalue weighted by Crippen LogP contribution is -2.49. The van der Waals surface area contributed by atoms with Crippen LogP contribution in [0.5, 0.6) is 0 Å². The summed E-state index contributed by atoms with van der Waals surface area (Å²) < 4.78 is 0. The standard InChI is InChI=1S/C23H29ClN4O2/c1-16(2)21(27-22(29)18-8-4-5-9-19(18)24)23(30)26-15-17-10-11-20(25-14-17)28-12-6-3-7-13-28/h4-5,8-11,14,16,21H,3,6-7,12-13,15H2,1-2H3,(H,26,30)(H,27,29). The van der Waals surface area contributed by atoms with Crippen molar-refractivity contribution in [1.29, 1.82) is 0 Å². The summed E-state index contributed by atoms with van der Waals surface area (Å²) in [5.74, 6) is 0.320. The summed E-state index contributed by atoms with van der Waals surface area (Å²) in [6.45, 7) is 6.24. The summed E-state index contributed by atoms with van der Waals surface area (Å²) in [5.41, 5.74) is 1.28. The molecule has 6 nitrogen and oxygen atoms in total. The normalized spacial score (nSPS) is 15.0. The molecular formula is C23H29ClN4O2. The molecule has 2 heterocycles. The summed E-state index contributed by atoms with van der Waals surface area (Å²) in [6.07, 6.45) is 5.49. The minimum atomic E-state index is -0.658. The molecule has 3 rings (SSSR count). The van der Waals surface area contributed by atoms with E-state index in [1.54, 1.807) is 30.5 Å². The van der Waals surface area contributed by atoms with Crippen molar-refractivity contribution in [2.75, 3.05) is 18.0 Å². The molecule has 1 saturated heterocycles. The Balaban J connectivity index is 1.57. The van der Waals surface area contributed by atoms with Crippen LogP contribution in [0, 0.1) is 5.92 Å². The van der Waals surface area contributed by atoms with Gasteiger partial charge in [0.2, 0.25) is 5.91 Å². The van der Waals surface area contributed by atoms with Crippen molar-refractivity contribution in [3.05, 3.63) is 58.7 Å². The molecule has 30 heavy (non-hydrogen) atoms. The Morgan fingerprint density at radius 3 is 2.47 bits per heavy atom. The molecule has 2 aromatic rings. The van der Waals surface area contributed by atoms with Gasteiger partial charge in [-0.3, -0.25) is 9.59 Å². The predicted molar refractivity (Wildman–Crippen MR) is 120 cm³/mol. The zero-order chi connectivity index (χ0) is 21.5. The number of carbonyl (C=O) groups is 2. The average Bonchev–Trinajstić information content (AvgIpc) is 2.76. The van der Waals surface area contributed by atoms with Gasteiger partial charge in [0.1, 0.15) is 11.9 Å². The topological polar surface area (TPSA) is 74.3 Å². The summed E-state index contributed by atoms with van der Waals surface area (Å²) in [5, 5.41) is 6.07. The number of carbonyl (C=O) groups excluding carboxylic acids is 2. The van der Waals surface area contributed by atoms with E-state index >= 15 is 0 Å². The van der Waals surface area contributed by atoms with E-state index in [2.05, 4.69) is 20.5 Å². The summed E-state index contributed by atoms with van der Waals surface area (Å²) in [6, 6.07) is 10.1. The number of nitrogens with one attached hydrogen (secondary N) is 2. The average molecular weight is 429 g/mol. The first-order chi connectivity index (χ1) is 14.5. The van der Waals surface area contributed by atoms with Crippen LogP contribution in [0.3, 0.4) is 0 Å². The molecule has 0 bridgehead atoms.